The standard InChI is InChI=1S/C14H23ClN2/c1-10-8-13(12(16)9-11(10)15)17(5)7-6-14(2,3)4/h8-9H,6-7,16H2,1-5H3. The summed E-state index contributed by atoms with van der Waals surface area (Å²) >= 11 is 6.04. The fraction of sp³-hybridized carbons (Fsp3) is 0.571. The summed E-state index contributed by atoms with van der Waals surface area (Å²) < 4.78 is 0. The average molecular weight is 255 g/mol. The van der Waals surface area contributed by atoms with Crippen LogP contribution >= 0.6 is 11.6 Å². The minimum atomic E-state index is 0.338. The zero-order chi connectivity index (χ0) is 13.2. The van der Waals surface area contributed by atoms with E-state index in [4.69, 9.17) is 17.3 Å². The molecular weight excluding hydrogens is 232 g/mol. The smallest absolute Gasteiger partial charge is 0.0601 e. The summed E-state index contributed by atoms with van der Waals surface area (Å²) in [6.45, 7) is 9.74. The van der Waals surface area contributed by atoms with Crippen molar-refractivity contribution >= 4 is 23.0 Å². The fourth-order valence-electron chi connectivity index (χ4n) is 1.64. The molecule has 2 nitrogen and oxygen atoms in total. The average Bonchev–Trinajstić information content (AvgIpc) is 2.19. The first kappa shape index (κ1) is 14.2. The number of anilines is 2. The van der Waals surface area contributed by atoms with Crippen LogP contribution in [0.3, 0.4) is 0 Å². The molecule has 1 rings (SSSR count). The second-order valence-electron chi connectivity index (χ2n) is 5.89. The van der Waals surface area contributed by atoms with Crippen molar-refractivity contribution in [3.63, 3.8) is 0 Å². The predicted molar refractivity (Wildman–Crippen MR) is 77.9 cm³/mol. The van der Waals surface area contributed by atoms with E-state index in [1.807, 2.05) is 13.0 Å². The van der Waals surface area contributed by atoms with Gasteiger partial charge in [0.15, 0.2) is 0 Å². The molecule has 0 saturated carbocycles. The maximum Gasteiger partial charge on any atom is 0.0601 e. The lowest BCUT2D eigenvalue weighted by molar-refractivity contribution is 0.382. The summed E-state index contributed by atoms with van der Waals surface area (Å²) in [5, 5.41) is 0.732. The van der Waals surface area contributed by atoms with Crippen LogP contribution in [0.5, 0.6) is 0 Å². The highest BCUT2D eigenvalue weighted by molar-refractivity contribution is 6.31. The first-order valence-electron chi connectivity index (χ1n) is 5.97. The van der Waals surface area contributed by atoms with Crippen molar-refractivity contribution in [2.45, 2.75) is 34.1 Å². The van der Waals surface area contributed by atoms with Crippen molar-refractivity contribution in [2.75, 3.05) is 24.2 Å². The van der Waals surface area contributed by atoms with Gasteiger partial charge in [-0.2, -0.15) is 0 Å². The summed E-state index contributed by atoms with van der Waals surface area (Å²) in [7, 11) is 2.07. The van der Waals surface area contributed by atoms with Crippen molar-refractivity contribution in [2.24, 2.45) is 5.41 Å². The van der Waals surface area contributed by atoms with E-state index in [-0.39, 0.29) is 0 Å². The Hall–Kier alpha value is -0.890. The number of hydrogen-bond donors (Lipinski definition) is 1. The van der Waals surface area contributed by atoms with Crippen LogP contribution in [0.2, 0.25) is 5.02 Å². The van der Waals surface area contributed by atoms with Crippen LogP contribution in [0.15, 0.2) is 12.1 Å². The molecule has 0 amide bonds. The second kappa shape index (κ2) is 5.18. The van der Waals surface area contributed by atoms with Gasteiger partial charge in [0.1, 0.15) is 0 Å². The monoisotopic (exact) mass is 254 g/mol. The number of hydrogen-bond acceptors (Lipinski definition) is 2. The molecule has 0 unspecified atom stereocenters. The molecule has 0 heterocycles. The Balaban J connectivity index is 2.82. The van der Waals surface area contributed by atoms with Gasteiger partial charge in [-0.25, -0.2) is 0 Å². The molecule has 0 aliphatic carbocycles. The van der Waals surface area contributed by atoms with Gasteiger partial charge in [-0.05, 0) is 36.5 Å². The molecule has 0 aliphatic heterocycles. The van der Waals surface area contributed by atoms with Crippen LogP contribution in [-0.4, -0.2) is 13.6 Å². The molecule has 0 radical (unpaired) electrons. The maximum atomic E-state index is 6.04. The van der Waals surface area contributed by atoms with Gasteiger partial charge in [0.2, 0.25) is 0 Å². The van der Waals surface area contributed by atoms with Gasteiger partial charge in [-0.15, -0.1) is 0 Å². The molecule has 0 bridgehead atoms. The Kier molecular flexibility index (Phi) is 4.31. The highest BCUT2D eigenvalue weighted by Crippen LogP contribution is 2.30. The van der Waals surface area contributed by atoms with Crippen molar-refractivity contribution in [3.05, 3.63) is 22.7 Å². The highest BCUT2D eigenvalue weighted by Gasteiger charge is 2.13. The number of rotatable bonds is 3. The Labute approximate surface area is 110 Å². The molecule has 2 N–H and O–H groups in total. The number of aryl methyl sites for hydroxylation is 1. The minimum Gasteiger partial charge on any atom is -0.397 e. The zero-order valence-electron chi connectivity index (χ0n) is 11.5. The number of nitrogens with two attached hydrogens (primary N) is 1. The highest BCUT2D eigenvalue weighted by atomic mass is 35.5. The van der Waals surface area contributed by atoms with Crippen LogP contribution in [0.25, 0.3) is 0 Å². The van der Waals surface area contributed by atoms with Gasteiger partial charge in [-0.1, -0.05) is 32.4 Å². The summed E-state index contributed by atoms with van der Waals surface area (Å²) in [6, 6.07) is 3.89. The van der Waals surface area contributed by atoms with Crippen molar-refractivity contribution in [1.29, 1.82) is 0 Å². The van der Waals surface area contributed by atoms with Gasteiger partial charge in [0.05, 0.1) is 11.4 Å². The van der Waals surface area contributed by atoms with E-state index in [0.29, 0.717) is 5.41 Å². The lowest BCUT2D eigenvalue weighted by atomic mass is 9.92. The molecule has 0 aliphatic rings. The lowest BCUT2D eigenvalue weighted by Crippen LogP contribution is -2.24. The molecule has 0 spiro atoms. The van der Waals surface area contributed by atoms with Crippen LogP contribution in [0.4, 0.5) is 11.4 Å². The molecule has 0 fully saturated rings. The first-order chi connectivity index (χ1) is 7.70. The van der Waals surface area contributed by atoms with Gasteiger partial charge < -0.3 is 10.6 Å². The zero-order valence-corrected chi connectivity index (χ0v) is 12.2. The van der Waals surface area contributed by atoms with Crippen molar-refractivity contribution in [3.8, 4) is 0 Å². The molecule has 0 atom stereocenters. The molecule has 3 heteroatoms. The fourth-order valence-corrected chi connectivity index (χ4v) is 1.81. The first-order valence-corrected chi connectivity index (χ1v) is 6.35. The third-order valence-electron chi connectivity index (χ3n) is 2.92. The molecule has 17 heavy (non-hydrogen) atoms. The topological polar surface area (TPSA) is 29.3 Å². The molecule has 1 aromatic rings. The van der Waals surface area contributed by atoms with Crippen LogP contribution in [0.1, 0.15) is 32.8 Å². The van der Waals surface area contributed by atoms with E-state index < -0.39 is 0 Å². The van der Waals surface area contributed by atoms with Crippen LogP contribution < -0.4 is 10.6 Å². The third kappa shape index (κ3) is 4.12. The van der Waals surface area contributed by atoms with E-state index in [2.05, 4.69) is 38.8 Å². The summed E-state index contributed by atoms with van der Waals surface area (Å²) in [4.78, 5) is 2.20. The van der Waals surface area contributed by atoms with E-state index in [0.717, 1.165) is 34.9 Å². The van der Waals surface area contributed by atoms with Gasteiger partial charge in [-0.3, -0.25) is 0 Å². The molecule has 96 valence electrons. The second-order valence-corrected chi connectivity index (χ2v) is 6.30. The summed E-state index contributed by atoms with van der Waals surface area (Å²) in [5.74, 6) is 0. The van der Waals surface area contributed by atoms with Crippen molar-refractivity contribution in [1.82, 2.24) is 0 Å². The van der Waals surface area contributed by atoms with Crippen LogP contribution in [0, 0.1) is 12.3 Å². The van der Waals surface area contributed by atoms with Crippen LogP contribution in [-0.2, 0) is 0 Å². The predicted octanol–water partition coefficient (Wildman–Crippen LogP) is 4.10. The number of halogens is 1. The number of nitrogen functional groups attached to an aromatic ring is 1. The SMILES string of the molecule is Cc1cc(N(C)CCC(C)(C)C)c(N)cc1Cl. The molecule has 0 saturated heterocycles. The normalized spacial score (nSPS) is 11.6. The van der Waals surface area contributed by atoms with E-state index in [9.17, 15) is 0 Å². The molecule has 1 aromatic carbocycles. The van der Waals surface area contributed by atoms with E-state index in [1.54, 1.807) is 0 Å². The molecular formula is C14H23ClN2. The van der Waals surface area contributed by atoms with Gasteiger partial charge in [0.25, 0.3) is 0 Å². The maximum absolute atomic E-state index is 6.04. The van der Waals surface area contributed by atoms with E-state index >= 15 is 0 Å². The summed E-state index contributed by atoms with van der Waals surface area (Å²) in [5.41, 5.74) is 9.22. The Bertz CT molecular complexity index is 394. The minimum absolute atomic E-state index is 0.338. The van der Waals surface area contributed by atoms with Crippen molar-refractivity contribution < 1.29 is 0 Å². The number of benzene rings is 1. The largest absolute Gasteiger partial charge is 0.397 e. The Morgan fingerprint density at radius 1 is 1.29 bits per heavy atom. The quantitative estimate of drug-likeness (QED) is 0.823. The number of nitrogens with zero attached hydrogens (tertiary/aromatic N) is 1. The third-order valence-corrected chi connectivity index (χ3v) is 3.32. The van der Waals surface area contributed by atoms with E-state index in [1.165, 1.54) is 0 Å². The lowest BCUT2D eigenvalue weighted by Gasteiger charge is -2.26. The Morgan fingerprint density at radius 2 is 1.88 bits per heavy atom. The Morgan fingerprint density at radius 3 is 2.41 bits per heavy atom. The summed E-state index contributed by atoms with van der Waals surface area (Å²) in [6.07, 6.45) is 1.13. The van der Waals surface area contributed by atoms with Gasteiger partial charge >= 0.3 is 0 Å². The molecule has 0 aromatic heterocycles. The van der Waals surface area contributed by atoms with Gasteiger partial charge in [0, 0.05) is 18.6 Å².